The number of rotatable bonds is 4. The van der Waals surface area contributed by atoms with E-state index in [0.717, 1.165) is 38.2 Å². The second kappa shape index (κ2) is 6.71. The van der Waals surface area contributed by atoms with Crippen molar-refractivity contribution in [1.82, 2.24) is 14.5 Å². The molecular formula is C18H25N3O2. The van der Waals surface area contributed by atoms with Crippen LogP contribution in [0.4, 0.5) is 0 Å². The van der Waals surface area contributed by atoms with Crippen LogP contribution in [0.5, 0.6) is 5.75 Å². The Kier molecular flexibility index (Phi) is 4.66. The monoisotopic (exact) mass is 315 g/mol. The molecule has 1 aromatic carbocycles. The first-order valence-corrected chi connectivity index (χ1v) is 8.35. The minimum absolute atomic E-state index is 0.0453. The quantitative estimate of drug-likeness (QED) is 0.870. The average Bonchev–Trinajstić information content (AvgIpc) is 2.57. The van der Waals surface area contributed by atoms with Crippen LogP contribution in [0.1, 0.15) is 26.7 Å². The van der Waals surface area contributed by atoms with Gasteiger partial charge in [0.25, 0.3) is 5.56 Å². The minimum atomic E-state index is 0.0453. The van der Waals surface area contributed by atoms with Gasteiger partial charge in [0.15, 0.2) is 0 Å². The standard InChI is InChI=1S/C18H25N3O2/c1-13(2)20-8-6-14(7-9-20)11-21-12-19-17-10-15(23-3)4-5-16(17)18(21)22/h4-5,10,12-14H,6-9,11H2,1-3H3. The predicted octanol–water partition coefficient (Wildman–Crippen LogP) is 2.53. The van der Waals surface area contributed by atoms with Crippen molar-refractivity contribution < 1.29 is 4.74 Å². The highest BCUT2D eigenvalue weighted by atomic mass is 16.5. The van der Waals surface area contributed by atoms with Gasteiger partial charge >= 0.3 is 0 Å². The first kappa shape index (κ1) is 16.0. The molecule has 1 aliphatic rings. The predicted molar refractivity (Wildman–Crippen MR) is 92.0 cm³/mol. The van der Waals surface area contributed by atoms with Crippen LogP contribution in [0, 0.1) is 5.92 Å². The molecule has 1 aromatic heterocycles. The first-order chi connectivity index (χ1) is 11.1. The number of piperidine rings is 1. The zero-order chi connectivity index (χ0) is 16.4. The van der Waals surface area contributed by atoms with Gasteiger partial charge in [-0.25, -0.2) is 4.98 Å². The largest absolute Gasteiger partial charge is 0.497 e. The van der Waals surface area contributed by atoms with E-state index in [4.69, 9.17) is 4.74 Å². The van der Waals surface area contributed by atoms with E-state index in [0.29, 0.717) is 22.9 Å². The molecule has 1 aliphatic heterocycles. The number of hydrogen-bond acceptors (Lipinski definition) is 4. The number of ether oxygens (including phenoxy) is 1. The summed E-state index contributed by atoms with van der Waals surface area (Å²) in [6.45, 7) is 7.49. The minimum Gasteiger partial charge on any atom is -0.497 e. The number of hydrogen-bond donors (Lipinski definition) is 0. The molecule has 3 rings (SSSR count). The lowest BCUT2D eigenvalue weighted by atomic mass is 9.96. The van der Waals surface area contributed by atoms with Gasteiger partial charge in [0.1, 0.15) is 5.75 Å². The summed E-state index contributed by atoms with van der Waals surface area (Å²) in [6, 6.07) is 6.04. The van der Waals surface area contributed by atoms with Crippen LogP contribution >= 0.6 is 0 Å². The molecule has 0 aliphatic carbocycles. The summed E-state index contributed by atoms with van der Waals surface area (Å²) in [4.78, 5) is 19.6. The maximum atomic E-state index is 12.6. The molecule has 0 spiro atoms. The first-order valence-electron chi connectivity index (χ1n) is 8.35. The fourth-order valence-electron chi connectivity index (χ4n) is 3.33. The number of methoxy groups -OCH3 is 1. The summed E-state index contributed by atoms with van der Waals surface area (Å²) in [5.74, 6) is 1.28. The van der Waals surface area contributed by atoms with Crippen LogP contribution < -0.4 is 10.3 Å². The summed E-state index contributed by atoms with van der Waals surface area (Å²) in [5.41, 5.74) is 0.740. The van der Waals surface area contributed by atoms with Gasteiger partial charge in [0, 0.05) is 18.7 Å². The van der Waals surface area contributed by atoms with Crippen LogP contribution in [-0.4, -0.2) is 40.7 Å². The van der Waals surface area contributed by atoms with Crippen molar-refractivity contribution in [2.24, 2.45) is 5.92 Å². The normalized spacial score (nSPS) is 17.0. The second-order valence-electron chi connectivity index (χ2n) is 6.66. The third kappa shape index (κ3) is 3.39. The SMILES string of the molecule is COc1ccc2c(=O)n(CC3CCN(C(C)C)CC3)cnc2c1. The van der Waals surface area contributed by atoms with Gasteiger partial charge in [-0.3, -0.25) is 9.36 Å². The van der Waals surface area contributed by atoms with Gasteiger partial charge in [-0.2, -0.15) is 0 Å². The summed E-state index contributed by atoms with van der Waals surface area (Å²) in [6.07, 6.45) is 3.97. The molecular weight excluding hydrogens is 290 g/mol. The van der Waals surface area contributed by atoms with Crippen molar-refractivity contribution in [2.75, 3.05) is 20.2 Å². The Labute approximate surface area is 136 Å². The van der Waals surface area contributed by atoms with Gasteiger partial charge in [-0.05, 0) is 57.8 Å². The van der Waals surface area contributed by atoms with Crippen molar-refractivity contribution in [3.63, 3.8) is 0 Å². The molecule has 0 N–H and O–H groups in total. The van der Waals surface area contributed by atoms with Gasteiger partial charge < -0.3 is 9.64 Å². The second-order valence-corrected chi connectivity index (χ2v) is 6.66. The number of fused-ring (bicyclic) bond motifs is 1. The van der Waals surface area contributed by atoms with Crippen molar-refractivity contribution in [1.29, 1.82) is 0 Å². The molecule has 0 atom stereocenters. The number of nitrogens with zero attached hydrogens (tertiary/aromatic N) is 3. The number of benzene rings is 1. The molecule has 0 radical (unpaired) electrons. The fraction of sp³-hybridized carbons (Fsp3) is 0.556. The molecule has 2 heterocycles. The maximum absolute atomic E-state index is 12.6. The lowest BCUT2D eigenvalue weighted by Gasteiger charge is -2.34. The van der Waals surface area contributed by atoms with Crippen LogP contribution in [0.25, 0.3) is 10.9 Å². The van der Waals surface area contributed by atoms with Crippen LogP contribution in [0.3, 0.4) is 0 Å². The highest BCUT2D eigenvalue weighted by molar-refractivity contribution is 5.78. The van der Waals surface area contributed by atoms with E-state index in [9.17, 15) is 4.79 Å². The molecule has 0 amide bonds. The van der Waals surface area contributed by atoms with Gasteiger partial charge in [0.05, 0.1) is 24.3 Å². The number of aromatic nitrogens is 2. The fourth-order valence-corrected chi connectivity index (χ4v) is 3.33. The van der Waals surface area contributed by atoms with Crippen LogP contribution in [0.15, 0.2) is 29.3 Å². The average molecular weight is 315 g/mol. The highest BCUT2D eigenvalue weighted by Gasteiger charge is 2.21. The molecule has 2 aromatic rings. The molecule has 0 saturated carbocycles. The third-order valence-corrected chi connectivity index (χ3v) is 4.87. The Morgan fingerprint density at radius 2 is 2.04 bits per heavy atom. The van der Waals surface area contributed by atoms with E-state index in [1.165, 1.54) is 0 Å². The van der Waals surface area contributed by atoms with Crippen molar-refractivity contribution in [3.05, 3.63) is 34.9 Å². The molecule has 5 heteroatoms. The Bertz CT molecular complexity index is 731. The van der Waals surface area contributed by atoms with Crippen molar-refractivity contribution in [3.8, 4) is 5.75 Å². The Morgan fingerprint density at radius 1 is 1.30 bits per heavy atom. The van der Waals surface area contributed by atoms with Gasteiger partial charge in [0.2, 0.25) is 0 Å². The highest BCUT2D eigenvalue weighted by Crippen LogP contribution is 2.21. The van der Waals surface area contributed by atoms with Crippen molar-refractivity contribution in [2.45, 2.75) is 39.3 Å². The van der Waals surface area contributed by atoms with Crippen molar-refractivity contribution >= 4 is 10.9 Å². The zero-order valence-electron chi connectivity index (χ0n) is 14.2. The molecule has 23 heavy (non-hydrogen) atoms. The lowest BCUT2D eigenvalue weighted by molar-refractivity contribution is 0.141. The topological polar surface area (TPSA) is 47.4 Å². The Morgan fingerprint density at radius 3 is 2.70 bits per heavy atom. The Balaban J connectivity index is 1.76. The van der Waals surface area contributed by atoms with E-state index in [2.05, 4.69) is 23.7 Å². The molecule has 1 saturated heterocycles. The van der Waals surface area contributed by atoms with Crippen LogP contribution in [-0.2, 0) is 6.54 Å². The zero-order valence-corrected chi connectivity index (χ0v) is 14.2. The number of likely N-dealkylation sites (tertiary alicyclic amines) is 1. The van der Waals surface area contributed by atoms with Gasteiger partial charge in [-0.15, -0.1) is 0 Å². The van der Waals surface area contributed by atoms with E-state index in [1.54, 1.807) is 24.1 Å². The molecule has 1 fully saturated rings. The smallest absolute Gasteiger partial charge is 0.261 e. The lowest BCUT2D eigenvalue weighted by Crippen LogP contribution is -2.40. The summed E-state index contributed by atoms with van der Waals surface area (Å²) in [5, 5.41) is 0.660. The maximum Gasteiger partial charge on any atom is 0.261 e. The summed E-state index contributed by atoms with van der Waals surface area (Å²) >= 11 is 0. The van der Waals surface area contributed by atoms with E-state index >= 15 is 0 Å². The molecule has 0 bridgehead atoms. The molecule has 124 valence electrons. The molecule has 5 nitrogen and oxygen atoms in total. The third-order valence-electron chi connectivity index (χ3n) is 4.87. The van der Waals surface area contributed by atoms with E-state index in [-0.39, 0.29) is 5.56 Å². The summed E-state index contributed by atoms with van der Waals surface area (Å²) < 4.78 is 6.96. The summed E-state index contributed by atoms with van der Waals surface area (Å²) in [7, 11) is 1.62. The van der Waals surface area contributed by atoms with E-state index < -0.39 is 0 Å². The van der Waals surface area contributed by atoms with Gasteiger partial charge in [-0.1, -0.05) is 0 Å². The Hall–Kier alpha value is -1.88. The van der Waals surface area contributed by atoms with E-state index in [1.807, 2.05) is 12.1 Å². The van der Waals surface area contributed by atoms with Crippen LogP contribution in [0.2, 0.25) is 0 Å². The molecule has 0 unspecified atom stereocenters.